The van der Waals surface area contributed by atoms with Crippen molar-refractivity contribution in [2.45, 2.75) is 37.5 Å². The summed E-state index contributed by atoms with van der Waals surface area (Å²) >= 11 is 0. The van der Waals surface area contributed by atoms with E-state index in [0.717, 1.165) is 68.2 Å². The molecule has 15 rings (SSSR count). The molecule has 0 atom stereocenters. The molecule has 2 heteroatoms. The monoisotopic (exact) mass is 847 g/mol. The smallest absolute Gasteiger partial charge is 0.137 e. The molecule has 10 aromatic rings. The van der Waals surface area contributed by atoms with Gasteiger partial charge in [0.15, 0.2) is 0 Å². The van der Waals surface area contributed by atoms with Gasteiger partial charge in [0, 0.05) is 39.2 Å². The fourth-order valence-corrected chi connectivity index (χ4v) is 13.9. The largest absolute Gasteiger partial charge is 0.456 e. The minimum absolute atomic E-state index is 0.142. The average Bonchev–Trinajstić information content (AvgIpc) is 3.89. The first-order valence-electron chi connectivity index (χ1n) is 24.1. The second-order valence-electron chi connectivity index (χ2n) is 19.6. The number of fused-ring (bicyclic) bond motifs is 6. The van der Waals surface area contributed by atoms with E-state index in [2.05, 4.69) is 211 Å². The van der Waals surface area contributed by atoms with E-state index in [1.165, 1.54) is 82.2 Å². The van der Waals surface area contributed by atoms with E-state index in [-0.39, 0.29) is 5.41 Å². The van der Waals surface area contributed by atoms with E-state index < -0.39 is 0 Å². The Morgan fingerprint density at radius 1 is 0.348 bits per heavy atom. The van der Waals surface area contributed by atoms with Gasteiger partial charge >= 0.3 is 0 Å². The van der Waals surface area contributed by atoms with Crippen LogP contribution in [0.3, 0.4) is 0 Å². The third-order valence-corrected chi connectivity index (χ3v) is 16.3. The SMILES string of the molecule is c1ccc(-c2ccccc2-c2ccccc2-c2ccccc2N(c2ccc(-c3ccc4c(c3)C3(c5ccccc5-4)C4CC5CC(C4)CC3C5)cc2)c2ccc3c(c2)oc2ccccc23)cc1. The Labute approximate surface area is 386 Å². The number of rotatable bonds is 7. The zero-order chi connectivity index (χ0) is 43.3. The molecule has 5 aliphatic rings. The average molecular weight is 848 g/mol. The van der Waals surface area contributed by atoms with Crippen molar-refractivity contribution in [1.29, 1.82) is 0 Å². The standard InChI is InChI=1S/C64H49NO/c1-2-14-44(15-3-1)50-16-4-5-17-51(50)52-18-6-7-19-53(52)56-21-9-12-24-61(56)65(49-31-33-58-57-22-10-13-25-62(57)66-63(58)40-49)48-29-26-43(27-30-48)45-28-32-55-54-20-8-11-23-59(54)64(60(55)39-45)46-35-41-34-42(37-46)38-47(64)36-41/h1-33,39-42,46-47H,34-38H2. The lowest BCUT2D eigenvalue weighted by molar-refractivity contribution is -0.0399. The van der Waals surface area contributed by atoms with Crippen LogP contribution in [0, 0.1) is 23.7 Å². The summed E-state index contributed by atoms with van der Waals surface area (Å²) in [4.78, 5) is 2.43. The van der Waals surface area contributed by atoms with Gasteiger partial charge in [-0.1, -0.05) is 164 Å². The number of benzene rings is 9. The third-order valence-electron chi connectivity index (χ3n) is 16.3. The maximum absolute atomic E-state index is 6.56. The highest BCUT2D eigenvalue weighted by Crippen LogP contribution is 2.69. The molecular formula is C64H49NO. The Balaban J connectivity index is 0.910. The molecule has 1 aromatic heterocycles. The lowest BCUT2D eigenvalue weighted by Crippen LogP contribution is -2.55. The first-order chi connectivity index (χ1) is 32.7. The summed E-state index contributed by atoms with van der Waals surface area (Å²) in [5, 5.41) is 2.26. The lowest BCUT2D eigenvalue weighted by atomic mass is 9.43. The zero-order valence-electron chi connectivity index (χ0n) is 36.9. The minimum Gasteiger partial charge on any atom is -0.456 e. The maximum atomic E-state index is 6.56. The van der Waals surface area contributed by atoms with Crippen molar-refractivity contribution >= 4 is 39.0 Å². The Morgan fingerprint density at radius 2 is 0.894 bits per heavy atom. The molecule has 0 radical (unpaired) electrons. The van der Waals surface area contributed by atoms with Crippen LogP contribution >= 0.6 is 0 Å². The van der Waals surface area contributed by atoms with E-state index in [1.807, 2.05) is 6.07 Å². The molecule has 1 spiro atoms. The van der Waals surface area contributed by atoms with Gasteiger partial charge < -0.3 is 9.32 Å². The predicted octanol–water partition coefficient (Wildman–Crippen LogP) is 17.4. The first-order valence-corrected chi connectivity index (χ1v) is 24.1. The summed E-state index contributed by atoms with van der Waals surface area (Å²) in [7, 11) is 0. The van der Waals surface area contributed by atoms with Gasteiger partial charge in [-0.05, 0) is 159 Å². The number of hydrogen-bond acceptors (Lipinski definition) is 2. The van der Waals surface area contributed by atoms with Gasteiger partial charge in [-0.2, -0.15) is 0 Å². The number of nitrogens with zero attached hydrogens (tertiary/aromatic N) is 1. The second-order valence-corrected chi connectivity index (χ2v) is 19.6. The zero-order valence-corrected chi connectivity index (χ0v) is 36.9. The molecule has 4 saturated carbocycles. The summed E-state index contributed by atoms with van der Waals surface area (Å²) < 4.78 is 6.56. The number of furan rings is 1. The van der Waals surface area contributed by atoms with E-state index >= 15 is 0 Å². The van der Waals surface area contributed by atoms with E-state index in [4.69, 9.17) is 4.42 Å². The molecule has 0 amide bonds. The van der Waals surface area contributed by atoms with Crippen molar-refractivity contribution in [3.05, 3.63) is 223 Å². The fraction of sp³-hybridized carbons (Fsp3) is 0.156. The highest BCUT2D eigenvalue weighted by Gasteiger charge is 2.61. The predicted molar refractivity (Wildman–Crippen MR) is 273 cm³/mol. The lowest BCUT2D eigenvalue weighted by Gasteiger charge is -2.61. The first kappa shape index (κ1) is 37.9. The minimum atomic E-state index is 0.142. The normalized spacial score (nSPS) is 21.1. The van der Waals surface area contributed by atoms with Crippen molar-refractivity contribution in [3.63, 3.8) is 0 Å². The molecule has 0 N–H and O–H groups in total. The van der Waals surface area contributed by atoms with E-state index in [0.29, 0.717) is 0 Å². The van der Waals surface area contributed by atoms with Gasteiger partial charge in [0.05, 0.1) is 5.69 Å². The summed E-state index contributed by atoms with van der Waals surface area (Å²) in [6.45, 7) is 0. The fourth-order valence-electron chi connectivity index (χ4n) is 13.9. The molecule has 0 unspecified atom stereocenters. The van der Waals surface area contributed by atoms with Crippen molar-refractivity contribution in [2.75, 3.05) is 4.90 Å². The van der Waals surface area contributed by atoms with Gasteiger partial charge in [-0.3, -0.25) is 0 Å². The summed E-state index contributed by atoms with van der Waals surface area (Å²) in [6, 6.07) is 78.6. The molecule has 5 aliphatic carbocycles. The molecule has 9 aromatic carbocycles. The molecule has 4 fully saturated rings. The third kappa shape index (κ3) is 5.67. The molecule has 0 aliphatic heterocycles. The molecular weight excluding hydrogens is 799 g/mol. The quantitative estimate of drug-likeness (QED) is 0.159. The van der Waals surface area contributed by atoms with Gasteiger partial charge in [-0.25, -0.2) is 0 Å². The van der Waals surface area contributed by atoms with Crippen LogP contribution in [0.25, 0.3) is 77.6 Å². The van der Waals surface area contributed by atoms with E-state index in [9.17, 15) is 0 Å². The van der Waals surface area contributed by atoms with Gasteiger partial charge in [0.2, 0.25) is 0 Å². The number of hydrogen-bond donors (Lipinski definition) is 0. The van der Waals surface area contributed by atoms with Crippen molar-refractivity contribution < 1.29 is 4.42 Å². The highest BCUT2D eigenvalue weighted by atomic mass is 16.3. The van der Waals surface area contributed by atoms with Crippen molar-refractivity contribution in [2.24, 2.45) is 23.7 Å². The molecule has 4 bridgehead atoms. The van der Waals surface area contributed by atoms with Crippen molar-refractivity contribution in [1.82, 2.24) is 0 Å². The molecule has 316 valence electrons. The second kappa shape index (κ2) is 14.8. The molecule has 2 nitrogen and oxygen atoms in total. The Bertz CT molecular complexity index is 3480. The molecule has 66 heavy (non-hydrogen) atoms. The van der Waals surface area contributed by atoms with Crippen molar-refractivity contribution in [3.8, 4) is 55.6 Å². The number of para-hydroxylation sites is 2. The van der Waals surface area contributed by atoms with Crippen LogP contribution in [0.2, 0.25) is 0 Å². The Hall–Kier alpha value is -7.42. The molecule has 0 saturated heterocycles. The van der Waals surface area contributed by atoms with Crippen LogP contribution in [0.5, 0.6) is 0 Å². The molecule has 1 heterocycles. The van der Waals surface area contributed by atoms with Crippen LogP contribution in [-0.4, -0.2) is 0 Å². The summed E-state index contributed by atoms with van der Waals surface area (Å²) in [5.74, 6) is 3.32. The van der Waals surface area contributed by atoms with Crippen LogP contribution in [0.1, 0.15) is 43.2 Å². The van der Waals surface area contributed by atoms with Crippen LogP contribution in [0.4, 0.5) is 17.1 Å². The van der Waals surface area contributed by atoms with Crippen LogP contribution in [0.15, 0.2) is 217 Å². The van der Waals surface area contributed by atoms with E-state index in [1.54, 1.807) is 11.1 Å². The maximum Gasteiger partial charge on any atom is 0.137 e. The Kier molecular flexibility index (Phi) is 8.50. The van der Waals surface area contributed by atoms with Gasteiger partial charge in [0.25, 0.3) is 0 Å². The van der Waals surface area contributed by atoms with Crippen LogP contribution in [-0.2, 0) is 5.41 Å². The number of anilines is 3. The summed E-state index contributed by atoms with van der Waals surface area (Å²) in [5.41, 5.74) is 21.0. The van der Waals surface area contributed by atoms with Gasteiger partial charge in [-0.15, -0.1) is 0 Å². The Morgan fingerprint density at radius 3 is 1.65 bits per heavy atom. The highest BCUT2D eigenvalue weighted by molar-refractivity contribution is 6.06. The van der Waals surface area contributed by atoms with Gasteiger partial charge in [0.1, 0.15) is 11.2 Å². The summed E-state index contributed by atoms with van der Waals surface area (Å²) in [6.07, 6.45) is 7.02. The van der Waals surface area contributed by atoms with Crippen LogP contribution < -0.4 is 4.90 Å². The topological polar surface area (TPSA) is 16.4 Å².